The van der Waals surface area contributed by atoms with Gasteiger partial charge in [-0.15, -0.1) is 0 Å². The van der Waals surface area contributed by atoms with Crippen LogP contribution < -0.4 is 0 Å². The van der Waals surface area contributed by atoms with E-state index in [-0.39, 0.29) is 16.8 Å². The Labute approximate surface area is 201 Å². The predicted octanol–water partition coefficient (Wildman–Crippen LogP) is 8.82. The van der Waals surface area contributed by atoms with Gasteiger partial charge in [0.15, 0.2) is 0 Å². The fourth-order valence-electron chi connectivity index (χ4n) is 3.84. The third-order valence-electron chi connectivity index (χ3n) is 5.85. The van der Waals surface area contributed by atoms with Gasteiger partial charge in [0.05, 0.1) is 0 Å². The van der Waals surface area contributed by atoms with Crippen LogP contribution in [0.4, 0.5) is 0 Å². The first-order valence-corrected chi connectivity index (χ1v) is 13.4. The summed E-state index contributed by atoms with van der Waals surface area (Å²) in [5.74, 6) is -0.156. The molecule has 3 aromatic carbocycles. The van der Waals surface area contributed by atoms with Crippen molar-refractivity contribution >= 4 is 16.3 Å². The summed E-state index contributed by atoms with van der Waals surface area (Å²) in [5, 5.41) is 0. The van der Waals surface area contributed by atoms with Gasteiger partial charge in [-0.2, -0.15) is 0 Å². The van der Waals surface area contributed by atoms with Crippen LogP contribution in [0.1, 0.15) is 72.4 Å². The highest BCUT2D eigenvalue weighted by atomic mass is 32.3. The number of rotatable bonds is 6. The van der Waals surface area contributed by atoms with E-state index in [9.17, 15) is 4.79 Å². The Morgan fingerprint density at radius 2 is 1.06 bits per heavy atom. The SMILES string of the molecule is CCCC(=O)OS(c1ccccc1)(c1ccc(C(C)(C)C)cc1)c1ccc(C(C)(C)C)cc1. The standard InChI is InChI=1S/C30H38O2S/c1-8-12-28(31)32-33(25-13-10-9-11-14-25,26-19-15-23(16-20-26)29(2,3)4)27-21-17-24(18-22-27)30(5,6)7/h9-11,13-22H,8,12H2,1-7H3. The summed E-state index contributed by atoms with van der Waals surface area (Å²) < 4.78 is 6.53. The first-order chi connectivity index (χ1) is 15.5. The van der Waals surface area contributed by atoms with E-state index in [4.69, 9.17) is 4.18 Å². The van der Waals surface area contributed by atoms with Gasteiger partial charge in [-0.25, -0.2) is 0 Å². The van der Waals surface area contributed by atoms with Crippen LogP contribution in [0.2, 0.25) is 0 Å². The molecular weight excluding hydrogens is 424 g/mol. The molecular formula is C30H38O2S. The summed E-state index contributed by atoms with van der Waals surface area (Å²) >= 11 is 0. The minimum Gasteiger partial charge on any atom is -0.402 e. The van der Waals surface area contributed by atoms with Crippen LogP contribution >= 0.6 is 10.3 Å². The Bertz CT molecular complexity index is 996. The molecule has 0 spiro atoms. The summed E-state index contributed by atoms with van der Waals surface area (Å²) in [4.78, 5) is 16.1. The summed E-state index contributed by atoms with van der Waals surface area (Å²) in [6, 6.07) is 27.6. The van der Waals surface area contributed by atoms with Gasteiger partial charge in [0.25, 0.3) is 0 Å². The number of carbonyl (C=O) groups excluding carboxylic acids is 1. The molecule has 0 radical (unpaired) electrons. The third kappa shape index (κ3) is 5.52. The van der Waals surface area contributed by atoms with Crippen molar-refractivity contribution in [1.29, 1.82) is 0 Å². The number of hydrogen-bond acceptors (Lipinski definition) is 2. The Balaban J connectivity index is 2.27. The molecule has 176 valence electrons. The van der Waals surface area contributed by atoms with E-state index in [1.165, 1.54) is 11.1 Å². The smallest absolute Gasteiger partial charge is 0.317 e. The maximum atomic E-state index is 13.0. The monoisotopic (exact) mass is 462 g/mol. The molecule has 0 saturated carbocycles. The lowest BCUT2D eigenvalue weighted by atomic mass is 9.87. The molecule has 0 aliphatic heterocycles. The van der Waals surface area contributed by atoms with Crippen LogP contribution in [0.15, 0.2) is 93.5 Å². The van der Waals surface area contributed by atoms with Gasteiger partial charge < -0.3 is 4.18 Å². The van der Waals surface area contributed by atoms with Crippen LogP contribution in [-0.4, -0.2) is 5.97 Å². The Kier molecular flexibility index (Phi) is 7.43. The molecule has 0 bridgehead atoms. The van der Waals surface area contributed by atoms with Crippen molar-refractivity contribution in [3.8, 4) is 0 Å². The first kappa shape index (κ1) is 25.1. The minimum atomic E-state index is -2.23. The van der Waals surface area contributed by atoms with Crippen LogP contribution in [0, 0.1) is 0 Å². The quantitative estimate of drug-likeness (QED) is 0.366. The van der Waals surface area contributed by atoms with Crippen LogP contribution in [0.25, 0.3) is 0 Å². The molecule has 3 rings (SSSR count). The molecule has 0 amide bonds. The minimum absolute atomic E-state index is 0.0521. The van der Waals surface area contributed by atoms with Crippen molar-refractivity contribution in [3.63, 3.8) is 0 Å². The zero-order valence-electron chi connectivity index (χ0n) is 21.1. The maximum absolute atomic E-state index is 13.0. The fraction of sp³-hybridized carbons (Fsp3) is 0.367. The van der Waals surface area contributed by atoms with Gasteiger partial charge in [-0.3, -0.25) is 4.79 Å². The zero-order valence-corrected chi connectivity index (χ0v) is 22.0. The van der Waals surface area contributed by atoms with Crippen molar-refractivity contribution in [2.75, 3.05) is 0 Å². The molecule has 0 unspecified atom stereocenters. The molecule has 33 heavy (non-hydrogen) atoms. The topological polar surface area (TPSA) is 26.3 Å². The lowest BCUT2D eigenvalue weighted by Crippen LogP contribution is -2.15. The second-order valence-corrected chi connectivity index (χ2v) is 13.3. The average molecular weight is 463 g/mol. The first-order valence-electron chi connectivity index (χ1n) is 11.8. The molecule has 0 heterocycles. The van der Waals surface area contributed by atoms with Crippen molar-refractivity contribution in [2.24, 2.45) is 0 Å². The van der Waals surface area contributed by atoms with Crippen molar-refractivity contribution in [2.45, 2.75) is 86.8 Å². The second-order valence-electron chi connectivity index (χ2n) is 10.6. The molecule has 0 fully saturated rings. The van der Waals surface area contributed by atoms with Crippen molar-refractivity contribution in [3.05, 3.63) is 90.0 Å². The summed E-state index contributed by atoms with van der Waals surface area (Å²) in [7, 11) is -2.23. The molecule has 0 aliphatic carbocycles. The number of carbonyl (C=O) groups is 1. The molecule has 3 aromatic rings. The van der Waals surface area contributed by atoms with Crippen LogP contribution in [-0.2, 0) is 19.8 Å². The summed E-state index contributed by atoms with van der Waals surface area (Å²) in [6.07, 6.45) is 1.16. The summed E-state index contributed by atoms with van der Waals surface area (Å²) in [5.41, 5.74) is 2.62. The normalized spacial score (nSPS) is 12.9. The van der Waals surface area contributed by atoms with E-state index in [2.05, 4.69) is 102 Å². The molecule has 2 nitrogen and oxygen atoms in total. The molecule has 3 heteroatoms. The maximum Gasteiger partial charge on any atom is 0.317 e. The van der Waals surface area contributed by atoms with Crippen LogP contribution in [0.3, 0.4) is 0 Å². The van der Waals surface area contributed by atoms with Crippen LogP contribution in [0.5, 0.6) is 0 Å². The van der Waals surface area contributed by atoms with E-state index in [1.54, 1.807) is 0 Å². The fourth-order valence-corrected chi connectivity index (χ4v) is 6.89. The molecule has 0 aliphatic rings. The molecule has 0 atom stereocenters. The third-order valence-corrected chi connectivity index (χ3v) is 9.10. The molecule has 0 saturated heterocycles. The highest BCUT2D eigenvalue weighted by Crippen LogP contribution is 2.69. The lowest BCUT2D eigenvalue weighted by Gasteiger charge is -2.40. The number of hydrogen-bond donors (Lipinski definition) is 0. The van der Waals surface area contributed by atoms with Gasteiger partial charge in [-0.05, 0) is 75.1 Å². The molecule has 0 N–H and O–H groups in total. The Morgan fingerprint density at radius 3 is 1.42 bits per heavy atom. The van der Waals surface area contributed by atoms with Crippen molar-refractivity contribution < 1.29 is 8.98 Å². The van der Waals surface area contributed by atoms with Gasteiger partial charge in [0.2, 0.25) is 0 Å². The zero-order chi connectivity index (χ0) is 24.3. The number of benzene rings is 3. The average Bonchev–Trinajstić information content (AvgIpc) is 2.77. The molecule has 0 aromatic heterocycles. The van der Waals surface area contributed by atoms with E-state index in [1.807, 2.05) is 25.1 Å². The van der Waals surface area contributed by atoms with E-state index < -0.39 is 10.3 Å². The van der Waals surface area contributed by atoms with Gasteiger partial charge in [-0.1, -0.05) is 90.9 Å². The Hall–Kier alpha value is -2.52. The van der Waals surface area contributed by atoms with Gasteiger partial charge in [0, 0.05) is 21.1 Å². The largest absolute Gasteiger partial charge is 0.402 e. The second kappa shape index (κ2) is 9.77. The summed E-state index contributed by atoms with van der Waals surface area (Å²) in [6.45, 7) is 15.3. The Morgan fingerprint density at radius 1 is 0.667 bits per heavy atom. The lowest BCUT2D eigenvalue weighted by molar-refractivity contribution is -0.133. The predicted molar refractivity (Wildman–Crippen MR) is 140 cm³/mol. The van der Waals surface area contributed by atoms with E-state index in [0.29, 0.717) is 6.42 Å². The highest BCUT2D eigenvalue weighted by molar-refractivity contribution is 8.30. The van der Waals surface area contributed by atoms with Crippen molar-refractivity contribution in [1.82, 2.24) is 0 Å². The van der Waals surface area contributed by atoms with Gasteiger partial charge >= 0.3 is 5.97 Å². The van der Waals surface area contributed by atoms with Gasteiger partial charge in [0.1, 0.15) is 0 Å². The van der Waals surface area contributed by atoms with E-state index in [0.717, 1.165) is 21.1 Å². The van der Waals surface area contributed by atoms with E-state index >= 15 is 0 Å². The highest BCUT2D eigenvalue weighted by Gasteiger charge is 2.36.